The van der Waals surface area contributed by atoms with Crippen LogP contribution in [0.2, 0.25) is 0 Å². The number of H-pyrrole nitrogens is 1. The zero-order valence-electron chi connectivity index (χ0n) is 12.6. The van der Waals surface area contributed by atoms with E-state index in [4.69, 9.17) is 4.74 Å². The van der Waals surface area contributed by atoms with Gasteiger partial charge in [-0.05, 0) is 52.9 Å². The van der Waals surface area contributed by atoms with Gasteiger partial charge in [0, 0.05) is 11.8 Å². The molecule has 1 aromatic heterocycles. The third-order valence-electron chi connectivity index (χ3n) is 4.25. The number of ether oxygens (including phenoxy) is 1. The summed E-state index contributed by atoms with van der Waals surface area (Å²) in [5.74, 6) is 1.04. The first-order chi connectivity index (χ1) is 10.8. The molecule has 3 heteroatoms. The summed E-state index contributed by atoms with van der Waals surface area (Å²) in [4.78, 5) is 0. The minimum atomic E-state index is 0.807. The molecule has 0 unspecified atom stereocenters. The summed E-state index contributed by atoms with van der Waals surface area (Å²) in [6.45, 7) is 3.01. The van der Waals surface area contributed by atoms with Gasteiger partial charge in [0.15, 0.2) is 0 Å². The lowest BCUT2D eigenvalue weighted by Gasteiger charge is -2.08. The van der Waals surface area contributed by atoms with E-state index in [9.17, 15) is 0 Å². The van der Waals surface area contributed by atoms with Gasteiger partial charge in [0.25, 0.3) is 0 Å². The first-order valence-electron chi connectivity index (χ1n) is 7.73. The number of aromatic amines is 1. The van der Waals surface area contributed by atoms with Crippen LogP contribution in [-0.2, 0) is 6.42 Å². The van der Waals surface area contributed by atoms with E-state index in [2.05, 4.69) is 59.6 Å². The van der Waals surface area contributed by atoms with Crippen LogP contribution in [-0.4, -0.2) is 16.8 Å². The predicted octanol–water partition coefficient (Wildman–Crippen LogP) is 4.45. The molecular formula is C19H18N2O. The van der Waals surface area contributed by atoms with Crippen molar-refractivity contribution in [3.05, 3.63) is 59.3 Å². The highest BCUT2D eigenvalue weighted by Gasteiger charge is 2.13. The number of fused-ring (bicyclic) bond motifs is 2. The lowest BCUT2D eigenvalue weighted by atomic mass is 9.97. The molecule has 0 aliphatic carbocycles. The van der Waals surface area contributed by atoms with E-state index >= 15 is 0 Å². The standard InChI is InChI=1S/C19H18N2O/c1-2-14(15-4-6-19-16(11-15)7-8-22-19)9-13-3-5-18-17(10-13)12-20-21-18/h3-6,9-12H,2,7-8H2,1H3,(H,20,21)/b14-9+. The van der Waals surface area contributed by atoms with Crippen LogP contribution in [0.5, 0.6) is 5.75 Å². The summed E-state index contributed by atoms with van der Waals surface area (Å²) < 4.78 is 5.59. The van der Waals surface area contributed by atoms with Gasteiger partial charge in [-0.25, -0.2) is 0 Å². The van der Waals surface area contributed by atoms with Crippen LogP contribution in [0.4, 0.5) is 0 Å². The van der Waals surface area contributed by atoms with Crippen LogP contribution in [0.25, 0.3) is 22.6 Å². The first-order valence-corrected chi connectivity index (χ1v) is 7.73. The topological polar surface area (TPSA) is 37.9 Å². The molecular weight excluding hydrogens is 272 g/mol. The Morgan fingerprint density at radius 3 is 3.14 bits per heavy atom. The fourth-order valence-corrected chi connectivity index (χ4v) is 3.03. The lowest BCUT2D eigenvalue weighted by Crippen LogP contribution is -1.86. The number of rotatable bonds is 3. The minimum Gasteiger partial charge on any atom is -0.493 e. The molecule has 22 heavy (non-hydrogen) atoms. The van der Waals surface area contributed by atoms with Crippen molar-refractivity contribution >= 4 is 22.6 Å². The number of nitrogens with zero attached hydrogens (tertiary/aromatic N) is 1. The highest BCUT2D eigenvalue weighted by molar-refractivity contribution is 5.86. The smallest absolute Gasteiger partial charge is 0.122 e. The SMILES string of the molecule is CC/C(=C\c1ccc2[nH]ncc2c1)c1ccc2c(c1)CCO2. The van der Waals surface area contributed by atoms with E-state index in [1.165, 1.54) is 22.3 Å². The average Bonchev–Trinajstić information content (AvgIpc) is 3.19. The van der Waals surface area contributed by atoms with Crippen molar-refractivity contribution < 1.29 is 4.74 Å². The first kappa shape index (κ1) is 13.1. The molecule has 0 saturated carbocycles. The molecule has 0 amide bonds. The monoisotopic (exact) mass is 290 g/mol. The molecule has 0 spiro atoms. The molecule has 3 nitrogen and oxygen atoms in total. The van der Waals surface area contributed by atoms with E-state index in [0.717, 1.165) is 36.1 Å². The Hall–Kier alpha value is -2.55. The molecule has 110 valence electrons. The molecule has 2 heterocycles. The molecule has 1 aliphatic heterocycles. The van der Waals surface area contributed by atoms with E-state index in [1.54, 1.807) is 0 Å². The maximum atomic E-state index is 5.59. The van der Waals surface area contributed by atoms with Gasteiger partial charge in [0.05, 0.1) is 18.3 Å². The second-order valence-electron chi connectivity index (χ2n) is 5.66. The Bertz CT molecular complexity index is 861. The Kier molecular flexibility index (Phi) is 3.19. The van der Waals surface area contributed by atoms with Crippen molar-refractivity contribution in [3.63, 3.8) is 0 Å². The summed E-state index contributed by atoms with van der Waals surface area (Å²) in [5, 5.41) is 8.21. The largest absolute Gasteiger partial charge is 0.493 e. The number of nitrogens with one attached hydrogen (secondary N) is 1. The van der Waals surface area contributed by atoms with Crippen molar-refractivity contribution in [2.45, 2.75) is 19.8 Å². The third kappa shape index (κ3) is 2.29. The number of benzene rings is 2. The van der Waals surface area contributed by atoms with Gasteiger partial charge in [-0.15, -0.1) is 0 Å². The quantitative estimate of drug-likeness (QED) is 0.724. The van der Waals surface area contributed by atoms with Gasteiger partial charge in [0.2, 0.25) is 0 Å². The van der Waals surface area contributed by atoms with Gasteiger partial charge >= 0.3 is 0 Å². The highest BCUT2D eigenvalue weighted by Crippen LogP contribution is 2.30. The maximum Gasteiger partial charge on any atom is 0.122 e. The maximum absolute atomic E-state index is 5.59. The summed E-state index contributed by atoms with van der Waals surface area (Å²) in [7, 11) is 0. The molecule has 0 fully saturated rings. The van der Waals surface area contributed by atoms with Crippen molar-refractivity contribution in [2.75, 3.05) is 6.61 Å². The molecule has 0 bridgehead atoms. The summed E-state index contributed by atoms with van der Waals surface area (Å²) in [5.41, 5.74) is 6.24. The number of allylic oxidation sites excluding steroid dienone is 1. The molecule has 1 aliphatic rings. The van der Waals surface area contributed by atoms with Crippen LogP contribution in [0, 0.1) is 0 Å². The molecule has 2 aromatic carbocycles. The van der Waals surface area contributed by atoms with Gasteiger partial charge in [0.1, 0.15) is 5.75 Å². The van der Waals surface area contributed by atoms with Crippen molar-refractivity contribution in [1.29, 1.82) is 0 Å². The van der Waals surface area contributed by atoms with Crippen molar-refractivity contribution in [3.8, 4) is 5.75 Å². The summed E-state index contributed by atoms with van der Waals surface area (Å²) in [6, 6.07) is 12.9. The van der Waals surface area contributed by atoms with Crippen LogP contribution in [0.15, 0.2) is 42.6 Å². The molecule has 0 atom stereocenters. The second-order valence-corrected chi connectivity index (χ2v) is 5.66. The van der Waals surface area contributed by atoms with E-state index in [0.29, 0.717) is 0 Å². The van der Waals surface area contributed by atoms with Gasteiger partial charge in [-0.2, -0.15) is 5.10 Å². The summed E-state index contributed by atoms with van der Waals surface area (Å²) >= 11 is 0. The Labute approximate surface area is 129 Å². The Morgan fingerprint density at radius 2 is 2.23 bits per heavy atom. The van der Waals surface area contributed by atoms with Crippen molar-refractivity contribution in [2.24, 2.45) is 0 Å². The predicted molar refractivity (Wildman–Crippen MR) is 89.9 cm³/mol. The van der Waals surface area contributed by atoms with Crippen molar-refractivity contribution in [1.82, 2.24) is 10.2 Å². The second kappa shape index (κ2) is 5.34. The molecule has 3 aromatic rings. The normalized spacial score (nSPS) is 14.1. The van der Waals surface area contributed by atoms with Crippen LogP contribution in [0.1, 0.15) is 30.0 Å². The third-order valence-corrected chi connectivity index (χ3v) is 4.25. The molecule has 0 radical (unpaired) electrons. The zero-order chi connectivity index (χ0) is 14.9. The van der Waals surface area contributed by atoms with E-state index < -0.39 is 0 Å². The molecule has 4 rings (SSSR count). The van der Waals surface area contributed by atoms with Crippen LogP contribution in [0.3, 0.4) is 0 Å². The van der Waals surface area contributed by atoms with Crippen LogP contribution >= 0.6 is 0 Å². The van der Waals surface area contributed by atoms with Gasteiger partial charge in [-0.3, -0.25) is 5.10 Å². The lowest BCUT2D eigenvalue weighted by molar-refractivity contribution is 0.357. The Morgan fingerprint density at radius 1 is 1.27 bits per heavy atom. The average molecular weight is 290 g/mol. The fourth-order valence-electron chi connectivity index (χ4n) is 3.03. The van der Waals surface area contributed by atoms with E-state index in [-0.39, 0.29) is 0 Å². The van der Waals surface area contributed by atoms with E-state index in [1.807, 2.05) is 6.20 Å². The zero-order valence-corrected chi connectivity index (χ0v) is 12.6. The Balaban J connectivity index is 1.73. The molecule has 0 saturated heterocycles. The molecule has 1 N–H and O–H groups in total. The summed E-state index contributed by atoms with van der Waals surface area (Å²) in [6.07, 6.45) is 6.15. The number of hydrogen-bond acceptors (Lipinski definition) is 2. The van der Waals surface area contributed by atoms with Gasteiger partial charge in [-0.1, -0.05) is 25.1 Å². The number of aromatic nitrogens is 2. The van der Waals surface area contributed by atoms with Gasteiger partial charge < -0.3 is 4.74 Å². The fraction of sp³-hybridized carbons (Fsp3) is 0.211. The highest BCUT2D eigenvalue weighted by atomic mass is 16.5. The number of hydrogen-bond donors (Lipinski definition) is 1. The minimum absolute atomic E-state index is 0.807. The van der Waals surface area contributed by atoms with Crippen LogP contribution < -0.4 is 4.74 Å².